The second-order valence-corrected chi connectivity index (χ2v) is 7.70. The number of carbonyl (C=O) groups is 2. The van der Waals surface area contributed by atoms with Gasteiger partial charge in [-0.1, -0.05) is 17.7 Å². The Morgan fingerprint density at radius 1 is 1.25 bits per heavy atom. The van der Waals surface area contributed by atoms with Gasteiger partial charge in [0.1, 0.15) is 10.8 Å². The molecule has 0 atom stereocenters. The molecular weight excluding hydrogens is 377 g/mol. The zero-order chi connectivity index (χ0) is 19.7. The van der Waals surface area contributed by atoms with Crippen molar-refractivity contribution in [2.75, 3.05) is 10.6 Å². The summed E-state index contributed by atoms with van der Waals surface area (Å²) in [4.78, 5) is 28.1. The largest absolute Gasteiger partial charge is 0.326 e. The van der Waals surface area contributed by atoms with E-state index < -0.39 is 5.82 Å². The molecule has 3 aromatic rings. The van der Waals surface area contributed by atoms with Crippen molar-refractivity contribution in [3.05, 3.63) is 63.7 Å². The smallest absolute Gasteiger partial charge is 0.231 e. The Labute approximate surface area is 165 Å². The van der Waals surface area contributed by atoms with Gasteiger partial charge in [0.15, 0.2) is 0 Å². The van der Waals surface area contributed by atoms with Gasteiger partial charge in [-0.15, -0.1) is 11.3 Å². The first-order valence-electron chi connectivity index (χ1n) is 8.91. The van der Waals surface area contributed by atoms with Gasteiger partial charge >= 0.3 is 0 Å². The van der Waals surface area contributed by atoms with Crippen LogP contribution in [0.15, 0.2) is 41.8 Å². The molecule has 0 unspecified atom stereocenters. The van der Waals surface area contributed by atoms with Gasteiger partial charge in [0, 0.05) is 28.7 Å². The van der Waals surface area contributed by atoms with E-state index in [2.05, 4.69) is 15.6 Å². The number of aryl methyl sites for hydroxylation is 2. The van der Waals surface area contributed by atoms with Crippen LogP contribution in [-0.4, -0.2) is 16.8 Å². The highest BCUT2D eigenvalue weighted by molar-refractivity contribution is 7.10. The molecule has 2 aromatic carbocycles. The molecule has 2 heterocycles. The van der Waals surface area contributed by atoms with Crippen LogP contribution < -0.4 is 10.6 Å². The summed E-state index contributed by atoms with van der Waals surface area (Å²) in [5, 5.41) is 7.89. The monoisotopic (exact) mass is 395 g/mol. The lowest BCUT2D eigenvalue weighted by Crippen LogP contribution is -2.19. The molecule has 142 valence electrons. The minimum absolute atomic E-state index is 0.102. The van der Waals surface area contributed by atoms with Crippen molar-refractivity contribution in [3.8, 4) is 11.3 Å². The molecule has 0 bridgehead atoms. The van der Waals surface area contributed by atoms with E-state index in [0.29, 0.717) is 34.8 Å². The number of amides is 2. The Kier molecular flexibility index (Phi) is 4.92. The molecule has 4 rings (SSSR count). The highest BCUT2D eigenvalue weighted by atomic mass is 32.1. The van der Waals surface area contributed by atoms with E-state index in [0.717, 1.165) is 16.8 Å². The van der Waals surface area contributed by atoms with E-state index >= 15 is 0 Å². The molecule has 0 radical (unpaired) electrons. The Hall–Kier alpha value is -3.06. The Morgan fingerprint density at radius 3 is 2.82 bits per heavy atom. The molecule has 0 fully saturated rings. The van der Waals surface area contributed by atoms with Crippen LogP contribution in [0.4, 0.5) is 15.8 Å². The van der Waals surface area contributed by atoms with Crippen molar-refractivity contribution in [1.82, 2.24) is 4.98 Å². The topological polar surface area (TPSA) is 71.1 Å². The number of fused-ring (bicyclic) bond motifs is 1. The fourth-order valence-electron chi connectivity index (χ4n) is 3.09. The fourth-order valence-corrected chi connectivity index (χ4v) is 3.89. The summed E-state index contributed by atoms with van der Waals surface area (Å²) in [5.74, 6) is -0.713. The van der Waals surface area contributed by atoms with Gasteiger partial charge in [0.25, 0.3) is 0 Å². The highest BCUT2D eigenvalue weighted by Gasteiger charge is 2.19. The number of nitrogens with zero attached hydrogens (tertiary/aromatic N) is 1. The molecule has 1 aromatic heterocycles. The summed E-state index contributed by atoms with van der Waals surface area (Å²) < 4.78 is 14.5. The molecule has 1 aliphatic heterocycles. The average molecular weight is 395 g/mol. The van der Waals surface area contributed by atoms with E-state index in [1.807, 2.05) is 31.2 Å². The van der Waals surface area contributed by atoms with Crippen LogP contribution in [0.3, 0.4) is 0 Å². The molecule has 0 spiro atoms. The lowest BCUT2D eigenvalue weighted by Gasteiger charge is -2.17. The van der Waals surface area contributed by atoms with Gasteiger partial charge in [-0.05, 0) is 43.2 Å². The predicted molar refractivity (Wildman–Crippen MR) is 108 cm³/mol. The Bertz CT molecular complexity index is 1060. The molecule has 28 heavy (non-hydrogen) atoms. The van der Waals surface area contributed by atoms with Crippen molar-refractivity contribution in [1.29, 1.82) is 0 Å². The molecule has 2 N–H and O–H groups in total. The Morgan fingerprint density at radius 2 is 2.04 bits per heavy atom. The SMILES string of the molecule is Cc1ccc(NC(=O)Cc2nc(-c3cc4c(cc3F)NC(=O)CC4)cs2)cc1. The summed E-state index contributed by atoms with van der Waals surface area (Å²) >= 11 is 1.32. The standard InChI is InChI=1S/C21H18FN3O2S/c1-12-2-5-14(6-3-12)23-20(27)10-21-25-18(11-28-21)15-8-13-4-7-19(26)24-17(13)9-16(15)22/h2-3,5-6,8-9,11H,4,7,10H2,1H3,(H,23,27)(H,24,26). The quantitative estimate of drug-likeness (QED) is 0.691. The lowest BCUT2D eigenvalue weighted by molar-refractivity contribution is -0.116. The number of benzene rings is 2. The number of carbonyl (C=O) groups excluding carboxylic acids is 2. The zero-order valence-electron chi connectivity index (χ0n) is 15.2. The van der Waals surface area contributed by atoms with Crippen molar-refractivity contribution < 1.29 is 14.0 Å². The number of aromatic nitrogens is 1. The maximum Gasteiger partial charge on any atom is 0.231 e. The maximum atomic E-state index is 14.5. The first kappa shape index (κ1) is 18.3. The summed E-state index contributed by atoms with van der Waals surface area (Å²) in [6.45, 7) is 1.98. The van der Waals surface area contributed by atoms with E-state index in [-0.39, 0.29) is 18.2 Å². The van der Waals surface area contributed by atoms with Crippen molar-refractivity contribution >= 4 is 34.5 Å². The third-order valence-corrected chi connectivity index (χ3v) is 5.41. The molecule has 7 heteroatoms. The number of halogens is 1. The number of thiazole rings is 1. The minimum atomic E-state index is -0.443. The number of nitrogens with one attached hydrogen (secondary N) is 2. The van der Waals surface area contributed by atoms with Crippen LogP contribution in [-0.2, 0) is 22.4 Å². The van der Waals surface area contributed by atoms with Crippen LogP contribution >= 0.6 is 11.3 Å². The number of hydrogen-bond donors (Lipinski definition) is 2. The number of rotatable bonds is 4. The minimum Gasteiger partial charge on any atom is -0.326 e. The van der Waals surface area contributed by atoms with Gasteiger partial charge in [-0.2, -0.15) is 0 Å². The van der Waals surface area contributed by atoms with Crippen LogP contribution in [0.25, 0.3) is 11.3 Å². The van der Waals surface area contributed by atoms with Gasteiger partial charge in [0.2, 0.25) is 11.8 Å². The second kappa shape index (κ2) is 7.52. The highest BCUT2D eigenvalue weighted by Crippen LogP contribution is 2.32. The number of anilines is 2. The molecule has 0 saturated carbocycles. The van der Waals surface area contributed by atoms with Crippen LogP contribution in [0.2, 0.25) is 0 Å². The molecule has 5 nitrogen and oxygen atoms in total. The molecule has 1 aliphatic rings. The van der Waals surface area contributed by atoms with Crippen molar-refractivity contribution in [2.45, 2.75) is 26.2 Å². The summed E-state index contributed by atoms with van der Waals surface area (Å²) in [6, 6.07) is 10.6. The molecule has 0 saturated heterocycles. The second-order valence-electron chi connectivity index (χ2n) is 6.75. The van der Waals surface area contributed by atoms with Gasteiger partial charge in [-0.25, -0.2) is 9.37 Å². The van der Waals surface area contributed by atoms with Gasteiger partial charge in [0.05, 0.1) is 12.1 Å². The average Bonchev–Trinajstić information content (AvgIpc) is 3.11. The zero-order valence-corrected chi connectivity index (χ0v) is 16.0. The number of hydrogen-bond acceptors (Lipinski definition) is 4. The van der Waals surface area contributed by atoms with E-state index in [4.69, 9.17) is 0 Å². The van der Waals surface area contributed by atoms with E-state index in [1.165, 1.54) is 17.4 Å². The molecule has 0 aliphatic carbocycles. The van der Waals surface area contributed by atoms with Crippen LogP contribution in [0, 0.1) is 12.7 Å². The molecular formula is C21H18FN3O2S. The fraction of sp³-hybridized carbons (Fsp3) is 0.190. The summed E-state index contributed by atoms with van der Waals surface area (Å²) in [7, 11) is 0. The van der Waals surface area contributed by atoms with Crippen LogP contribution in [0.5, 0.6) is 0 Å². The van der Waals surface area contributed by atoms with Crippen molar-refractivity contribution in [2.24, 2.45) is 0 Å². The maximum absolute atomic E-state index is 14.5. The Balaban J connectivity index is 1.49. The summed E-state index contributed by atoms with van der Waals surface area (Å²) in [5.41, 5.74) is 4.15. The molecule has 2 amide bonds. The lowest BCUT2D eigenvalue weighted by atomic mass is 9.99. The van der Waals surface area contributed by atoms with Crippen LogP contribution in [0.1, 0.15) is 22.6 Å². The van der Waals surface area contributed by atoms with Gasteiger partial charge in [-0.3, -0.25) is 9.59 Å². The first-order valence-corrected chi connectivity index (χ1v) is 9.79. The van der Waals surface area contributed by atoms with E-state index in [9.17, 15) is 14.0 Å². The first-order chi connectivity index (χ1) is 13.5. The third-order valence-electron chi connectivity index (χ3n) is 4.56. The summed E-state index contributed by atoms with van der Waals surface area (Å²) in [6.07, 6.45) is 1.09. The third kappa shape index (κ3) is 3.94. The predicted octanol–water partition coefficient (Wildman–Crippen LogP) is 4.32. The normalized spacial score (nSPS) is 13.0. The van der Waals surface area contributed by atoms with E-state index in [1.54, 1.807) is 11.4 Å². The van der Waals surface area contributed by atoms with Crippen molar-refractivity contribution in [3.63, 3.8) is 0 Å². The van der Waals surface area contributed by atoms with Gasteiger partial charge < -0.3 is 10.6 Å².